The van der Waals surface area contributed by atoms with Gasteiger partial charge in [-0.25, -0.2) is 0 Å². The van der Waals surface area contributed by atoms with Gasteiger partial charge in [-0.2, -0.15) is 0 Å². The van der Waals surface area contributed by atoms with Crippen molar-refractivity contribution in [1.82, 2.24) is 5.32 Å². The number of benzene rings is 1. The molecule has 6 heteroatoms. The Bertz CT molecular complexity index is 702. The lowest BCUT2D eigenvalue weighted by Crippen LogP contribution is -2.30. The normalized spacial score (nSPS) is 13.9. The van der Waals surface area contributed by atoms with Crippen LogP contribution in [0, 0.1) is 0 Å². The number of amides is 1. The molecule has 22 heavy (non-hydrogen) atoms. The quantitative estimate of drug-likeness (QED) is 0.823. The third-order valence-electron chi connectivity index (χ3n) is 3.50. The molecule has 1 N–H and O–H groups in total. The number of nitrogens with one attached hydrogen (secondary N) is 1. The van der Waals surface area contributed by atoms with Crippen LogP contribution in [0.4, 0.5) is 0 Å². The Hall–Kier alpha value is -2.50. The minimum Gasteiger partial charge on any atom is -0.497 e. The van der Waals surface area contributed by atoms with Crippen LogP contribution >= 0.6 is 0 Å². The number of hydrogen-bond donors (Lipinski definition) is 1. The molecule has 1 aliphatic carbocycles. The van der Waals surface area contributed by atoms with E-state index in [9.17, 15) is 9.59 Å². The van der Waals surface area contributed by atoms with Gasteiger partial charge in [-0.15, -0.1) is 0 Å². The number of furan rings is 1. The van der Waals surface area contributed by atoms with Crippen molar-refractivity contribution in [3.8, 4) is 5.75 Å². The number of ether oxygens (including phenoxy) is 2. The average molecular weight is 303 g/mol. The Morgan fingerprint density at radius 2 is 2.18 bits per heavy atom. The van der Waals surface area contributed by atoms with E-state index < -0.39 is 5.97 Å². The van der Waals surface area contributed by atoms with Crippen LogP contribution in [0.15, 0.2) is 28.9 Å². The largest absolute Gasteiger partial charge is 0.497 e. The monoisotopic (exact) mass is 303 g/mol. The van der Waals surface area contributed by atoms with Crippen molar-refractivity contribution >= 4 is 22.8 Å². The van der Waals surface area contributed by atoms with Crippen molar-refractivity contribution in [1.29, 1.82) is 0 Å². The van der Waals surface area contributed by atoms with Gasteiger partial charge in [0.15, 0.2) is 6.61 Å². The summed E-state index contributed by atoms with van der Waals surface area (Å²) in [5, 5.41) is 3.60. The van der Waals surface area contributed by atoms with E-state index in [2.05, 4.69) is 5.32 Å². The zero-order valence-electron chi connectivity index (χ0n) is 12.3. The minimum absolute atomic E-state index is 0.0655. The van der Waals surface area contributed by atoms with E-state index in [0.29, 0.717) is 11.3 Å². The molecule has 0 radical (unpaired) electrons. The predicted octanol–water partition coefficient (Wildman–Crippen LogP) is 1.81. The summed E-state index contributed by atoms with van der Waals surface area (Å²) in [6, 6.07) is 5.65. The molecule has 2 aromatic rings. The first-order valence-corrected chi connectivity index (χ1v) is 7.15. The number of carbonyl (C=O) groups excluding carboxylic acids is 2. The van der Waals surface area contributed by atoms with E-state index in [0.717, 1.165) is 23.8 Å². The Kier molecular flexibility index (Phi) is 4.00. The topological polar surface area (TPSA) is 77.8 Å². The van der Waals surface area contributed by atoms with Crippen LogP contribution < -0.4 is 10.1 Å². The molecule has 6 nitrogen and oxygen atoms in total. The van der Waals surface area contributed by atoms with Crippen molar-refractivity contribution in [2.45, 2.75) is 25.3 Å². The fraction of sp³-hybridized carbons (Fsp3) is 0.375. The van der Waals surface area contributed by atoms with E-state index >= 15 is 0 Å². The molecule has 1 aliphatic rings. The molecule has 0 atom stereocenters. The zero-order chi connectivity index (χ0) is 15.5. The summed E-state index contributed by atoms with van der Waals surface area (Å²) in [5.74, 6) is -0.0187. The van der Waals surface area contributed by atoms with E-state index in [1.807, 2.05) is 6.07 Å². The molecule has 0 spiro atoms. The summed E-state index contributed by atoms with van der Waals surface area (Å²) in [4.78, 5) is 23.3. The standard InChI is InChI=1S/C16H17NO5/c1-20-12-4-5-13-10(8-21-14(13)7-12)6-16(19)22-9-15(18)17-11-2-3-11/h4-5,7-8,11H,2-3,6,9H2,1H3,(H,17,18). The zero-order valence-corrected chi connectivity index (χ0v) is 12.3. The molecule has 1 aromatic heterocycles. The molecule has 1 saturated carbocycles. The fourth-order valence-electron chi connectivity index (χ4n) is 2.18. The highest BCUT2D eigenvalue weighted by Crippen LogP contribution is 2.26. The maximum Gasteiger partial charge on any atom is 0.310 e. The molecule has 0 aliphatic heterocycles. The van der Waals surface area contributed by atoms with Gasteiger partial charge in [0.2, 0.25) is 0 Å². The highest BCUT2D eigenvalue weighted by atomic mass is 16.5. The summed E-state index contributed by atoms with van der Waals surface area (Å²) in [7, 11) is 1.58. The number of methoxy groups -OCH3 is 1. The van der Waals surface area contributed by atoms with Crippen LogP contribution in [0.25, 0.3) is 11.0 Å². The number of hydrogen-bond acceptors (Lipinski definition) is 5. The van der Waals surface area contributed by atoms with Gasteiger partial charge >= 0.3 is 5.97 Å². The molecule has 0 bridgehead atoms. The lowest BCUT2D eigenvalue weighted by atomic mass is 10.1. The number of carbonyl (C=O) groups is 2. The van der Waals surface area contributed by atoms with Gasteiger partial charge in [-0.3, -0.25) is 9.59 Å². The molecular formula is C16H17NO5. The first-order chi connectivity index (χ1) is 10.7. The average Bonchev–Trinajstić information content (AvgIpc) is 3.25. The molecule has 116 valence electrons. The first kappa shape index (κ1) is 14.4. The second-order valence-electron chi connectivity index (χ2n) is 5.30. The molecule has 1 fully saturated rings. The highest BCUT2D eigenvalue weighted by molar-refractivity contribution is 5.87. The Morgan fingerprint density at radius 1 is 1.36 bits per heavy atom. The number of esters is 1. The second-order valence-corrected chi connectivity index (χ2v) is 5.30. The molecule has 1 amide bonds. The molecule has 0 unspecified atom stereocenters. The molecule has 1 heterocycles. The highest BCUT2D eigenvalue weighted by Gasteiger charge is 2.23. The van der Waals surface area contributed by atoms with Crippen molar-refractivity contribution < 1.29 is 23.5 Å². The molecule has 1 aromatic carbocycles. The van der Waals surface area contributed by atoms with Crippen molar-refractivity contribution in [2.24, 2.45) is 0 Å². The Labute approximate surface area is 127 Å². The van der Waals surface area contributed by atoms with Crippen LogP contribution in [-0.2, 0) is 20.7 Å². The summed E-state index contributed by atoms with van der Waals surface area (Å²) in [6.45, 7) is -0.237. The minimum atomic E-state index is -0.454. The van der Waals surface area contributed by atoms with Gasteiger partial charge < -0.3 is 19.2 Å². The van der Waals surface area contributed by atoms with Crippen molar-refractivity contribution in [2.75, 3.05) is 13.7 Å². The summed E-state index contributed by atoms with van der Waals surface area (Å²) >= 11 is 0. The van der Waals surface area contributed by atoms with E-state index in [1.165, 1.54) is 6.26 Å². The number of fused-ring (bicyclic) bond motifs is 1. The SMILES string of the molecule is COc1ccc2c(CC(=O)OCC(=O)NC3CC3)coc2c1. The van der Waals surface area contributed by atoms with Gasteiger partial charge in [0.1, 0.15) is 11.3 Å². The van der Waals surface area contributed by atoms with Crippen LogP contribution in [0.3, 0.4) is 0 Å². The van der Waals surface area contributed by atoms with Gasteiger partial charge in [0.25, 0.3) is 5.91 Å². The maximum atomic E-state index is 11.8. The Balaban J connectivity index is 1.57. The lowest BCUT2D eigenvalue weighted by Gasteiger charge is -2.05. The van der Waals surface area contributed by atoms with Gasteiger partial charge in [-0.05, 0) is 25.0 Å². The molecular weight excluding hydrogens is 286 g/mol. The van der Waals surface area contributed by atoms with Crippen LogP contribution in [0.2, 0.25) is 0 Å². The van der Waals surface area contributed by atoms with Crippen molar-refractivity contribution in [3.05, 3.63) is 30.0 Å². The summed E-state index contributed by atoms with van der Waals surface area (Å²) < 4.78 is 15.5. The van der Waals surface area contributed by atoms with Gasteiger partial charge in [0.05, 0.1) is 19.8 Å². The second kappa shape index (κ2) is 6.09. The Morgan fingerprint density at radius 3 is 2.91 bits per heavy atom. The van der Waals surface area contributed by atoms with E-state index in [1.54, 1.807) is 19.2 Å². The van der Waals surface area contributed by atoms with E-state index in [-0.39, 0.29) is 25.0 Å². The summed E-state index contributed by atoms with van der Waals surface area (Å²) in [5.41, 5.74) is 1.37. The molecule has 3 rings (SSSR count). The molecule has 0 saturated heterocycles. The predicted molar refractivity (Wildman–Crippen MR) is 78.6 cm³/mol. The maximum absolute atomic E-state index is 11.8. The smallest absolute Gasteiger partial charge is 0.310 e. The van der Waals surface area contributed by atoms with Gasteiger partial charge in [-0.1, -0.05) is 0 Å². The van der Waals surface area contributed by atoms with E-state index in [4.69, 9.17) is 13.9 Å². The third-order valence-corrected chi connectivity index (χ3v) is 3.50. The third kappa shape index (κ3) is 3.39. The number of rotatable bonds is 6. The van der Waals surface area contributed by atoms with Crippen molar-refractivity contribution in [3.63, 3.8) is 0 Å². The van der Waals surface area contributed by atoms with Crippen LogP contribution in [0.5, 0.6) is 5.75 Å². The summed E-state index contributed by atoms with van der Waals surface area (Å²) in [6.07, 6.45) is 3.60. The first-order valence-electron chi connectivity index (χ1n) is 7.15. The fourth-order valence-corrected chi connectivity index (χ4v) is 2.18. The van der Waals surface area contributed by atoms with Gasteiger partial charge in [0, 0.05) is 23.1 Å². The van der Waals surface area contributed by atoms with Crippen LogP contribution in [0.1, 0.15) is 18.4 Å². The lowest BCUT2D eigenvalue weighted by molar-refractivity contribution is -0.147. The van der Waals surface area contributed by atoms with Crippen LogP contribution in [-0.4, -0.2) is 31.6 Å².